The number of imidazole rings is 1. The molecule has 2 N–H and O–H groups in total. The van der Waals surface area contributed by atoms with Crippen molar-refractivity contribution in [1.29, 1.82) is 0 Å². The van der Waals surface area contributed by atoms with Crippen LogP contribution in [0.2, 0.25) is 0 Å². The molecule has 4 nitrogen and oxygen atoms in total. The zero-order valence-corrected chi connectivity index (χ0v) is 11.7. The maximum atomic E-state index is 5.82. The van der Waals surface area contributed by atoms with Crippen molar-refractivity contribution >= 4 is 0 Å². The number of aromatic nitrogens is 2. The monoisotopic (exact) mass is 259 g/mol. The van der Waals surface area contributed by atoms with E-state index in [9.17, 15) is 0 Å². The molecule has 1 aromatic heterocycles. The molecule has 0 fully saturated rings. The summed E-state index contributed by atoms with van der Waals surface area (Å²) in [6, 6.07) is 8.35. The van der Waals surface area contributed by atoms with E-state index >= 15 is 0 Å². The number of hydrogen-bond donors (Lipinski definition) is 1. The Bertz CT molecular complexity index is 514. The normalized spacial score (nSPS) is 12.7. The van der Waals surface area contributed by atoms with Crippen LogP contribution in [-0.4, -0.2) is 9.55 Å². The number of nitrogens with zero attached hydrogens (tertiary/aromatic N) is 2. The highest BCUT2D eigenvalue weighted by Crippen LogP contribution is 2.18. The van der Waals surface area contributed by atoms with E-state index in [0.29, 0.717) is 12.6 Å². The molecule has 0 amide bonds. The van der Waals surface area contributed by atoms with Gasteiger partial charge in [0.05, 0.1) is 18.2 Å². The standard InChI is InChI=1S/C15H21N3O/c1-11(2)18-10-17-8-14(18)9-19-15-6-4-13(5-7-15)12(3)16/h4-8,10-12H,9,16H2,1-3H3/t12-/m1/s1. The van der Waals surface area contributed by atoms with Gasteiger partial charge in [-0.3, -0.25) is 0 Å². The fraction of sp³-hybridized carbons (Fsp3) is 0.400. The first kappa shape index (κ1) is 13.6. The minimum Gasteiger partial charge on any atom is -0.487 e. The van der Waals surface area contributed by atoms with Crippen molar-refractivity contribution in [2.75, 3.05) is 0 Å². The van der Waals surface area contributed by atoms with Gasteiger partial charge in [-0.15, -0.1) is 0 Å². The molecule has 1 aromatic carbocycles. The summed E-state index contributed by atoms with van der Waals surface area (Å²) in [7, 11) is 0. The van der Waals surface area contributed by atoms with Crippen molar-refractivity contribution in [3.8, 4) is 5.75 Å². The molecule has 19 heavy (non-hydrogen) atoms. The molecule has 0 radical (unpaired) electrons. The predicted molar refractivity (Wildman–Crippen MR) is 76.0 cm³/mol. The van der Waals surface area contributed by atoms with Gasteiger partial charge in [-0.1, -0.05) is 12.1 Å². The third kappa shape index (κ3) is 3.35. The van der Waals surface area contributed by atoms with Crippen LogP contribution in [0.1, 0.15) is 44.1 Å². The van der Waals surface area contributed by atoms with Crippen LogP contribution in [0.5, 0.6) is 5.75 Å². The molecular weight excluding hydrogens is 238 g/mol. The van der Waals surface area contributed by atoms with Crippen LogP contribution in [-0.2, 0) is 6.61 Å². The van der Waals surface area contributed by atoms with Gasteiger partial charge in [0.25, 0.3) is 0 Å². The Balaban J connectivity index is 2.00. The van der Waals surface area contributed by atoms with Crippen LogP contribution in [0, 0.1) is 0 Å². The molecule has 0 aliphatic heterocycles. The Morgan fingerprint density at radius 1 is 1.21 bits per heavy atom. The first-order chi connectivity index (χ1) is 9.08. The van der Waals surface area contributed by atoms with E-state index in [1.54, 1.807) is 0 Å². The zero-order chi connectivity index (χ0) is 13.8. The highest BCUT2D eigenvalue weighted by atomic mass is 16.5. The van der Waals surface area contributed by atoms with Crippen molar-refractivity contribution in [2.24, 2.45) is 5.73 Å². The quantitative estimate of drug-likeness (QED) is 0.897. The van der Waals surface area contributed by atoms with Gasteiger partial charge in [-0.2, -0.15) is 0 Å². The molecule has 0 spiro atoms. The highest BCUT2D eigenvalue weighted by Gasteiger charge is 2.06. The molecule has 2 aromatic rings. The molecule has 0 bridgehead atoms. The van der Waals surface area contributed by atoms with Gasteiger partial charge in [-0.05, 0) is 38.5 Å². The lowest BCUT2D eigenvalue weighted by Gasteiger charge is -2.13. The summed E-state index contributed by atoms with van der Waals surface area (Å²) in [6.07, 6.45) is 3.68. The van der Waals surface area contributed by atoms with Crippen molar-refractivity contribution < 1.29 is 4.74 Å². The minimum absolute atomic E-state index is 0.0522. The van der Waals surface area contributed by atoms with E-state index in [1.165, 1.54) is 0 Å². The maximum Gasteiger partial charge on any atom is 0.130 e. The van der Waals surface area contributed by atoms with Crippen LogP contribution in [0.15, 0.2) is 36.8 Å². The van der Waals surface area contributed by atoms with Crippen LogP contribution in [0.25, 0.3) is 0 Å². The van der Waals surface area contributed by atoms with Gasteiger partial charge in [-0.25, -0.2) is 4.98 Å². The van der Waals surface area contributed by atoms with E-state index in [4.69, 9.17) is 10.5 Å². The third-order valence-electron chi connectivity index (χ3n) is 3.10. The van der Waals surface area contributed by atoms with E-state index in [2.05, 4.69) is 23.4 Å². The van der Waals surface area contributed by atoms with Crippen LogP contribution >= 0.6 is 0 Å². The summed E-state index contributed by atoms with van der Waals surface area (Å²) in [5.41, 5.74) is 8.00. The molecule has 0 saturated carbocycles. The Morgan fingerprint density at radius 2 is 1.89 bits per heavy atom. The zero-order valence-electron chi connectivity index (χ0n) is 11.7. The van der Waals surface area contributed by atoms with Crippen molar-refractivity contribution in [3.63, 3.8) is 0 Å². The Kier molecular flexibility index (Phi) is 4.22. The molecule has 4 heteroatoms. The van der Waals surface area contributed by atoms with Crippen molar-refractivity contribution in [2.45, 2.75) is 39.5 Å². The average molecular weight is 259 g/mol. The Morgan fingerprint density at radius 3 is 2.47 bits per heavy atom. The van der Waals surface area contributed by atoms with Gasteiger partial charge in [0.15, 0.2) is 0 Å². The summed E-state index contributed by atoms with van der Waals surface area (Å²) < 4.78 is 7.88. The smallest absolute Gasteiger partial charge is 0.130 e. The second kappa shape index (κ2) is 5.89. The summed E-state index contributed by atoms with van der Waals surface area (Å²) in [6.45, 7) is 6.75. The number of ether oxygens (including phenoxy) is 1. The molecule has 0 saturated heterocycles. The Labute approximate surface area is 114 Å². The number of benzene rings is 1. The summed E-state index contributed by atoms with van der Waals surface area (Å²) in [5.74, 6) is 0.848. The molecule has 0 unspecified atom stereocenters. The second-order valence-electron chi connectivity index (χ2n) is 5.03. The fourth-order valence-corrected chi connectivity index (χ4v) is 1.93. The van der Waals surface area contributed by atoms with E-state index in [0.717, 1.165) is 17.0 Å². The summed E-state index contributed by atoms with van der Waals surface area (Å²) in [5, 5.41) is 0. The Hall–Kier alpha value is -1.81. The van der Waals surface area contributed by atoms with E-state index < -0.39 is 0 Å². The molecular formula is C15H21N3O. The molecule has 2 rings (SSSR count). The van der Waals surface area contributed by atoms with E-state index in [-0.39, 0.29) is 6.04 Å². The summed E-state index contributed by atoms with van der Waals surface area (Å²) in [4.78, 5) is 4.16. The number of nitrogens with two attached hydrogens (primary N) is 1. The molecule has 102 valence electrons. The maximum absolute atomic E-state index is 5.82. The van der Waals surface area contributed by atoms with Crippen molar-refractivity contribution in [1.82, 2.24) is 9.55 Å². The molecule has 0 aliphatic rings. The van der Waals surface area contributed by atoms with Gasteiger partial charge in [0.2, 0.25) is 0 Å². The van der Waals surface area contributed by atoms with Crippen LogP contribution < -0.4 is 10.5 Å². The fourth-order valence-electron chi connectivity index (χ4n) is 1.93. The van der Waals surface area contributed by atoms with Gasteiger partial charge < -0.3 is 15.0 Å². The largest absolute Gasteiger partial charge is 0.487 e. The number of hydrogen-bond acceptors (Lipinski definition) is 3. The van der Waals surface area contributed by atoms with Crippen LogP contribution in [0.3, 0.4) is 0 Å². The third-order valence-corrected chi connectivity index (χ3v) is 3.10. The lowest BCUT2D eigenvalue weighted by Crippen LogP contribution is -2.07. The SMILES string of the molecule is CC(C)n1cncc1COc1ccc([C@@H](C)N)cc1. The minimum atomic E-state index is 0.0522. The first-order valence-electron chi connectivity index (χ1n) is 6.57. The van der Waals surface area contributed by atoms with Gasteiger partial charge >= 0.3 is 0 Å². The van der Waals surface area contributed by atoms with Crippen LogP contribution in [0.4, 0.5) is 0 Å². The predicted octanol–water partition coefficient (Wildman–Crippen LogP) is 3.06. The highest BCUT2D eigenvalue weighted by molar-refractivity contribution is 5.28. The molecule has 0 aliphatic carbocycles. The summed E-state index contributed by atoms with van der Waals surface area (Å²) >= 11 is 0. The lowest BCUT2D eigenvalue weighted by atomic mass is 10.1. The second-order valence-corrected chi connectivity index (χ2v) is 5.03. The van der Waals surface area contributed by atoms with Crippen molar-refractivity contribution in [3.05, 3.63) is 48.0 Å². The number of rotatable bonds is 5. The molecule has 1 heterocycles. The first-order valence-corrected chi connectivity index (χ1v) is 6.57. The average Bonchev–Trinajstić information content (AvgIpc) is 2.85. The van der Waals surface area contributed by atoms with E-state index in [1.807, 2.05) is 43.7 Å². The lowest BCUT2D eigenvalue weighted by molar-refractivity contribution is 0.292. The van der Waals surface area contributed by atoms with Gasteiger partial charge in [0.1, 0.15) is 12.4 Å². The molecule has 1 atom stereocenters. The van der Waals surface area contributed by atoms with Gasteiger partial charge in [0, 0.05) is 12.1 Å². The topological polar surface area (TPSA) is 53.1 Å².